The summed E-state index contributed by atoms with van der Waals surface area (Å²) < 4.78 is 1.10. The molecule has 0 aliphatic rings. The van der Waals surface area contributed by atoms with Crippen LogP contribution in [0.15, 0.2) is 15.9 Å². The summed E-state index contributed by atoms with van der Waals surface area (Å²) >= 11 is 5.14. The number of hydrogen-bond donors (Lipinski definition) is 2. The quantitative estimate of drug-likeness (QED) is 0.894. The minimum Gasteiger partial charge on any atom is -0.391 e. The third kappa shape index (κ3) is 5.11. The monoisotopic (exact) mass is 291 g/mol. The van der Waals surface area contributed by atoms with Gasteiger partial charge in [-0.25, -0.2) is 0 Å². The molecule has 1 rings (SSSR count). The van der Waals surface area contributed by atoms with Gasteiger partial charge in [0.15, 0.2) is 0 Å². The molecule has 1 heterocycles. The van der Waals surface area contributed by atoms with Crippen LogP contribution >= 0.6 is 27.3 Å². The van der Waals surface area contributed by atoms with Crippen LogP contribution in [0.1, 0.15) is 25.6 Å². The standard InChI is InChI=1S/C11H18BrNOS/c1-11(2,3)13-7-8(14)6-10-9(12)4-5-15-10/h4-5,8,13-14H,6-7H2,1-3H3. The van der Waals surface area contributed by atoms with Gasteiger partial charge in [-0.15, -0.1) is 11.3 Å². The summed E-state index contributed by atoms with van der Waals surface area (Å²) in [6.07, 6.45) is 0.389. The maximum atomic E-state index is 9.83. The van der Waals surface area contributed by atoms with Crippen LogP contribution in [0, 0.1) is 0 Å². The molecule has 86 valence electrons. The van der Waals surface area contributed by atoms with Gasteiger partial charge in [0.25, 0.3) is 0 Å². The Labute approximate surface area is 104 Å². The van der Waals surface area contributed by atoms with Crippen molar-refractivity contribution in [1.29, 1.82) is 0 Å². The molecule has 4 heteroatoms. The maximum absolute atomic E-state index is 9.83. The van der Waals surface area contributed by atoms with Crippen molar-refractivity contribution in [1.82, 2.24) is 5.32 Å². The third-order valence-corrected chi connectivity index (χ3v) is 3.93. The maximum Gasteiger partial charge on any atom is 0.0713 e. The van der Waals surface area contributed by atoms with Gasteiger partial charge in [-0.3, -0.25) is 0 Å². The second-order valence-electron chi connectivity index (χ2n) is 4.68. The molecule has 0 bridgehead atoms. The Bertz CT molecular complexity index is 306. The summed E-state index contributed by atoms with van der Waals surface area (Å²) in [6, 6.07) is 2.02. The lowest BCUT2D eigenvalue weighted by atomic mass is 10.1. The zero-order valence-corrected chi connectivity index (χ0v) is 11.8. The van der Waals surface area contributed by atoms with Crippen LogP contribution in [-0.4, -0.2) is 23.3 Å². The summed E-state index contributed by atoms with van der Waals surface area (Å²) in [5.74, 6) is 0. The molecule has 2 nitrogen and oxygen atoms in total. The smallest absolute Gasteiger partial charge is 0.0713 e. The zero-order valence-electron chi connectivity index (χ0n) is 9.38. The normalized spacial score (nSPS) is 14.2. The number of aliphatic hydroxyl groups excluding tert-OH is 1. The zero-order chi connectivity index (χ0) is 11.5. The number of β-amino-alcohol motifs (C(OH)–C–C–N with tert-alkyl or cyclic N) is 1. The van der Waals surface area contributed by atoms with E-state index in [0.717, 1.165) is 4.47 Å². The lowest BCUT2D eigenvalue weighted by Crippen LogP contribution is -2.41. The molecule has 0 saturated carbocycles. The highest BCUT2D eigenvalue weighted by Crippen LogP contribution is 2.23. The molecule has 1 atom stereocenters. The van der Waals surface area contributed by atoms with Gasteiger partial charge in [0.2, 0.25) is 0 Å². The lowest BCUT2D eigenvalue weighted by molar-refractivity contribution is 0.161. The summed E-state index contributed by atoms with van der Waals surface area (Å²) in [4.78, 5) is 1.21. The van der Waals surface area contributed by atoms with Crippen LogP contribution in [0.3, 0.4) is 0 Å². The average molecular weight is 292 g/mol. The number of hydrogen-bond acceptors (Lipinski definition) is 3. The predicted octanol–water partition coefficient (Wildman–Crippen LogP) is 2.80. The Morgan fingerprint density at radius 3 is 2.67 bits per heavy atom. The molecule has 1 aromatic heterocycles. The fourth-order valence-electron chi connectivity index (χ4n) is 1.18. The number of thiophene rings is 1. The largest absolute Gasteiger partial charge is 0.391 e. The van der Waals surface area contributed by atoms with Crippen LogP contribution in [0.4, 0.5) is 0 Å². The molecule has 0 spiro atoms. The van der Waals surface area contributed by atoms with Crippen LogP contribution in [0.25, 0.3) is 0 Å². The fraction of sp³-hybridized carbons (Fsp3) is 0.636. The topological polar surface area (TPSA) is 32.3 Å². The first-order valence-electron chi connectivity index (χ1n) is 5.03. The molecule has 1 unspecified atom stereocenters. The summed E-state index contributed by atoms with van der Waals surface area (Å²) in [6.45, 7) is 6.93. The van der Waals surface area contributed by atoms with E-state index in [1.807, 2.05) is 11.4 Å². The van der Waals surface area contributed by atoms with Crippen LogP contribution in [-0.2, 0) is 6.42 Å². The van der Waals surface area contributed by atoms with Crippen LogP contribution in [0.2, 0.25) is 0 Å². The van der Waals surface area contributed by atoms with Gasteiger partial charge in [0, 0.05) is 27.9 Å². The summed E-state index contributed by atoms with van der Waals surface area (Å²) in [5, 5.41) is 15.2. The predicted molar refractivity (Wildman–Crippen MR) is 69.5 cm³/mol. The molecule has 0 radical (unpaired) electrons. The second-order valence-corrected chi connectivity index (χ2v) is 6.54. The SMILES string of the molecule is CC(C)(C)NCC(O)Cc1sccc1Br. The molecule has 1 aromatic rings. The van der Waals surface area contributed by atoms with Gasteiger partial charge in [-0.2, -0.15) is 0 Å². The van der Waals surface area contributed by atoms with E-state index in [1.54, 1.807) is 11.3 Å². The van der Waals surface area contributed by atoms with Crippen LogP contribution < -0.4 is 5.32 Å². The molecule has 2 N–H and O–H groups in total. The van der Waals surface area contributed by atoms with Crippen molar-refractivity contribution in [2.24, 2.45) is 0 Å². The van der Waals surface area contributed by atoms with Crippen molar-refractivity contribution in [3.05, 3.63) is 20.8 Å². The highest BCUT2D eigenvalue weighted by molar-refractivity contribution is 9.10. The van der Waals surface area contributed by atoms with E-state index >= 15 is 0 Å². The van der Waals surface area contributed by atoms with E-state index in [0.29, 0.717) is 13.0 Å². The fourth-order valence-corrected chi connectivity index (χ4v) is 2.77. The van der Waals surface area contributed by atoms with E-state index in [-0.39, 0.29) is 11.6 Å². The first kappa shape index (κ1) is 13.2. The Morgan fingerprint density at radius 1 is 1.53 bits per heavy atom. The van der Waals surface area contributed by atoms with Crippen molar-refractivity contribution < 1.29 is 5.11 Å². The Morgan fingerprint density at radius 2 is 2.20 bits per heavy atom. The van der Waals surface area contributed by atoms with E-state index in [4.69, 9.17) is 0 Å². The first-order chi connectivity index (χ1) is 6.88. The third-order valence-electron chi connectivity index (χ3n) is 1.98. The molecule has 0 aliphatic carbocycles. The molecule has 0 aliphatic heterocycles. The van der Waals surface area contributed by atoms with Crippen LogP contribution in [0.5, 0.6) is 0 Å². The number of nitrogens with one attached hydrogen (secondary N) is 1. The molecular weight excluding hydrogens is 274 g/mol. The molecule has 0 saturated heterocycles. The minimum atomic E-state index is -0.320. The van der Waals surface area contributed by atoms with E-state index < -0.39 is 0 Å². The lowest BCUT2D eigenvalue weighted by Gasteiger charge is -2.22. The molecule has 0 amide bonds. The van der Waals surface area contributed by atoms with E-state index in [1.165, 1.54) is 4.88 Å². The number of aliphatic hydroxyl groups is 1. The van der Waals surface area contributed by atoms with Gasteiger partial charge >= 0.3 is 0 Å². The molecular formula is C11H18BrNOS. The van der Waals surface area contributed by atoms with E-state index in [2.05, 4.69) is 42.0 Å². The summed E-state index contributed by atoms with van der Waals surface area (Å²) in [5.41, 5.74) is 0.0632. The van der Waals surface area contributed by atoms with Gasteiger partial charge in [-0.05, 0) is 48.1 Å². The van der Waals surface area contributed by atoms with Gasteiger partial charge in [0.1, 0.15) is 0 Å². The number of rotatable bonds is 4. The van der Waals surface area contributed by atoms with Crippen molar-refractivity contribution in [3.8, 4) is 0 Å². The Balaban J connectivity index is 2.37. The molecule has 0 fully saturated rings. The van der Waals surface area contributed by atoms with Crippen molar-refractivity contribution in [3.63, 3.8) is 0 Å². The van der Waals surface area contributed by atoms with E-state index in [9.17, 15) is 5.11 Å². The van der Waals surface area contributed by atoms with Crippen molar-refractivity contribution in [2.75, 3.05) is 6.54 Å². The molecule has 15 heavy (non-hydrogen) atoms. The second kappa shape index (κ2) is 5.43. The highest BCUT2D eigenvalue weighted by Gasteiger charge is 2.13. The van der Waals surface area contributed by atoms with Gasteiger partial charge in [-0.1, -0.05) is 0 Å². The van der Waals surface area contributed by atoms with Gasteiger partial charge < -0.3 is 10.4 Å². The number of halogens is 1. The highest BCUT2D eigenvalue weighted by atomic mass is 79.9. The van der Waals surface area contributed by atoms with Crippen molar-refractivity contribution in [2.45, 2.75) is 38.8 Å². The van der Waals surface area contributed by atoms with Gasteiger partial charge in [0.05, 0.1) is 6.10 Å². The minimum absolute atomic E-state index is 0.0632. The average Bonchev–Trinajstić information content (AvgIpc) is 2.47. The first-order valence-corrected chi connectivity index (χ1v) is 6.71. The molecule has 0 aromatic carbocycles. The van der Waals surface area contributed by atoms with Crippen molar-refractivity contribution >= 4 is 27.3 Å². The Kier molecular flexibility index (Phi) is 4.77. The summed E-state index contributed by atoms with van der Waals surface area (Å²) in [7, 11) is 0. The Hall–Kier alpha value is 0.100.